The normalized spacial score (nSPS) is 20.3. The Morgan fingerprint density at radius 1 is 1.19 bits per heavy atom. The van der Waals surface area contributed by atoms with Crippen molar-refractivity contribution in [2.45, 2.75) is 6.04 Å². The smallest absolute Gasteiger partial charge is 0.339 e. The standard InChI is InChI=1S/C13H15N5O7S/c14-8-6-17(11(8)21)12(22)15-26(24,25)18-4-3-16(13(18)23)7-1-2-9(19)10(20)5-7/h1-2,5,8,19-20H,3-4,6,14H2,(H,15,22). The third-order valence-corrected chi connectivity index (χ3v) is 5.31. The third-order valence-electron chi connectivity index (χ3n) is 3.96. The number of phenols is 2. The number of aromatic hydroxyl groups is 2. The summed E-state index contributed by atoms with van der Waals surface area (Å²) in [6.45, 7) is -0.407. The molecule has 0 radical (unpaired) electrons. The van der Waals surface area contributed by atoms with Crippen LogP contribution in [-0.2, 0) is 15.0 Å². The summed E-state index contributed by atoms with van der Waals surface area (Å²) in [6, 6.07) is 0.571. The fourth-order valence-corrected chi connectivity index (χ4v) is 3.58. The zero-order valence-corrected chi connectivity index (χ0v) is 14.0. The Bertz CT molecular complexity index is 902. The number of amides is 5. The molecule has 0 spiro atoms. The van der Waals surface area contributed by atoms with E-state index in [1.807, 2.05) is 0 Å². The van der Waals surface area contributed by atoms with E-state index in [0.29, 0.717) is 9.21 Å². The molecule has 0 aliphatic carbocycles. The predicted molar refractivity (Wildman–Crippen MR) is 86.4 cm³/mol. The number of nitrogens with one attached hydrogen (secondary N) is 1. The summed E-state index contributed by atoms with van der Waals surface area (Å²) in [5.41, 5.74) is 5.50. The van der Waals surface area contributed by atoms with Gasteiger partial charge in [-0.3, -0.25) is 14.6 Å². The number of β-lactam (4-membered cyclic amide) rings is 1. The van der Waals surface area contributed by atoms with Gasteiger partial charge < -0.3 is 15.9 Å². The molecular formula is C13H15N5O7S. The van der Waals surface area contributed by atoms with Gasteiger partial charge >= 0.3 is 22.3 Å². The number of anilines is 1. The molecule has 0 aromatic heterocycles. The molecule has 26 heavy (non-hydrogen) atoms. The van der Waals surface area contributed by atoms with Crippen LogP contribution in [-0.4, -0.2) is 71.5 Å². The zero-order valence-electron chi connectivity index (χ0n) is 13.2. The minimum Gasteiger partial charge on any atom is -0.504 e. The maximum atomic E-state index is 12.4. The van der Waals surface area contributed by atoms with Crippen LogP contribution in [0.1, 0.15) is 0 Å². The van der Waals surface area contributed by atoms with Gasteiger partial charge in [-0.25, -0.2) is 18.6 Å². The largest absolute Gasteiger partial charge is 0.504 e. The summed E-state index contributed by atoms with van der Waals surface area (Å²) >= 11 is 0. The van der Waals surface area contributed by atoms with Crippen LogP contribution in [0.2, 0.25) is 0 Å². The van der Waals surface area contributed by atoms with E-state index in [1.165, 1.54) is 6.07 Å². The highest BCUT2D eigenvalue weighted by molar-refractivity contribution is 7.88. The summed E-state index contributed by atoms with van der Waals surface area (Å²) in [7, 11) is -4.53. The number of nitrogens with zero attached hydrogens (tertiary/aromatic N) is 3. The van der Waals surface area contributed by atoms with Crippen LogP contribution in [0.3, 0.4) is 0 Å². The number of hydrogen-bond acceptors (Lipinski definition) is 8. The van der Waals surface area contributed by atoms with Crippen molar-refractivity contribution < 1.29 is 33.0 Å². The Labute approximate surface area is 147 Å². The number of carbonyl (C=O) groups is 3. The quantitative estimate of drug-likeness (QED) is 0.358. The van der Waals surface area contributed by atoms with E-state index < -0.39 is 45.7 Å². The van der Waals surface area contributed by atoms with Gasteiger partial charge in [0.05, 0.1) is 13.1 Å². The number of benzene rings is 1. The van der Waals surface area contributed by atoms with Crippen molar-refractivity contribution in [2.75, 3.05) is 24.5 Å². The van der Waals surface area contributed by atoms with Gasteiger partial charge in [0.25, 0.3) is 0 Å². The maximum Gasteiger partial charge on any atom is 0.339 e. The van der Waals surface area contributed by atoms with E-state index in [4.69, 9.17) is 5.73 Å². The van der Waals surface area contributed by atoms with Crippen LogP contribution in [0.25, 0.3) is 0 Å². The lowest BCUT2D eigenvalue weighted by atomic mass is 10.1. The highest BCUT2D eigenvalue weighted by Crippen LogP contribution is 2.31. The van der Waals surface area contributed by atoms with Crippen molar-refractivity contribution in [2.24, 2.45) is 5.73 Å². The van der Waals surface area contributed by atoms with Gasteiger partial charge in [-0.15, -0.1) is 0 Å². The molecule has 5 N–H and O–H groups in total. The average Bonchev–Trinajstić information content (AvgIpc) is 2.96. The van der Waals surface area contributed by atoms with Gasteiger partial charge in [0.15, 0.2) is 11.5 Å². The average molecular weight is 385 g/mol. The molecule has 1 aromatic rings. The van der Waals surface area contributed by atoms with Crippen LogP contribution in [0, 0.1) is 0 Å². The van der Waals surface area contributed by atoms with Crippen LogP contribution in [0.15, 0.2) is 18.2 Å². The molecule has 1 atom stereocenters. The lowest BCUT2D eigenvalue weighted by Crippen LogP contribution is -2.66. The van der Waals surface area contributed by atoms with Gasteiger partial charge in [0.1, 0.15) is 6.04 Å². The zero-order chi connectivity index (χ0) is 19.2. The van der Waals surface area contributed by atoms with Gasteiger partial charge in [0.2, 0.25) is 5.91 Å². The number of imide groups is 1. The number of rotatable bonds is 3. The lowest BCUT2D eigenvalue weighted by Gasteiger charge is -2.34. The predicted octanol–water partition coefficient (Wildman–Crippen LogP) is -1.54. The summed E-state index contributed by atoms with van der Waals surface area (Å²) in [6.07, 6.45) is 0. The molecule has 2 saturated heterocycles. The number of phenolic OH excluding ortho intramolecular Hbond substituents is 2. The van der Waals surface area contributed by atoms with Gasteiger partial charge in [-0.05, 0) is 12.1 Å². The minimum absolute atomic E-state index is 0.0360. The maximum absolute atomic E-state index is 12.4. The second-order valence-corrected chi connectivity index (χ2v) is 7.24. The number of urea groups is 2. The van der Waals surface area contributed by atoms with Crippen molar-refractivity contribution >= 4 is 33.9 Å². The third kappa shape index (κ3) is 2.86. The van der Waals surface area contributed by atoms with Crippen molar-refractivity contribution in [1.29, 1.82) is 0 Å². The number of likely N-dealkylation sites (tertiary alicyclic amines) is 1. The summed E-state index contributed by atoms with van der Waals surface area (Å²) in [5, 5.41) is 18.8. The monoisotopic (exact) mass is 385 g/mol. The highest BCUT2D eigenvalue weighted by Gasteiger charge is 2.43. The topological polar surface area (TPSA) is 174 Å². The Kier molecular flexibility index (Phi) is 4.12. The van der Waals surface area contributed by atoms with Gasteiger partial charge in [-0.1, -0.05) is 0 Å². The van der Waals surface area contributed by atoms with E-state index in [0.717, 1.165) is 17.0 Å². The molecule has 2 fully saturated rings. The van der Waals surface area contributed by atoms with Crippen molar-refractivity contribution in [3.63, 3.8) is 0 Å². The number of hydrogen-bond donors (Lipinski definition) is 4. The van der Waals surface area contributed by atoms with Crippen LogP contribution >= 0.6 is 0 Å². The molecule has 2 heterocycles. The fourth-order valence-electron chi connectivity index (χ4n) is 2.52. The van der Waals surface area contributed by atoms with E-state index in [-0.39, 0.29) is 25.3 Å². The van der Waals surface area contributed by atoms with Crippen LogP contribution in [0.4, 0.5) is 15.3 Å². The first-order valence-corrected chi connectivity index (χ1v) is 8.80. The van der Waals surface area contributed by atoms with E-state index in [1.54, 1.807) is 4.72 Å². The molecule has 3 rings (SSSR count). The Morgan fingerprint density at radius 3 is 2.46 bits per heavy atom. The minimum atomic E-state index is -4.53. The molecule has 13 heteroatoms. The van der Waals surface area contributed by atoms with Gasteiger partial charge in [-0.2, -0.15) is 8.42 Å². The molecule has 2 aliphatic heterocycles. The second kappa shape index (κ2) is 6.03. The van der Waals surface area contributed by atoms with Crippen molar-refractivity contribution in [3.8, 4) is 11.5 Å². The van der Waals surface area contributed by atoms with E-state index in [9.17, 15) is 33.0 Å². The van der Waals surface area contributed by atoms with Gasteiger partial charge in [0, 0.05) is 18.3 Å². The van der Waals surface area contributed by atoms with Crippen molar-refractivity contribution in [3.05, 3.63) is 18.2 Å². The molecule has 1 aromatic carbocycles. The van der Waals surface area contributed by atoms with E-state index in [2.05, 4.69) is 0 Å². The molecular weight excluding hydrogens is 370 g/mol. The summed E-state index contributed by atoms with van der Waals surface area (Å²) in [4.78, 5) is 37.3. The van der Waals surface area contributed by atoms with Crippen LogP contribution < -0.4 is 15.4 Å². The fraction of sp³-hybridized carbons (Fsp3) is 0.308. The highest BCUT2D eigenvalue weighted by atomic mass is 32.2. The number of nitrogens with two attached hydrogens (primary N) is 1. The molecule has 2 aliphatic rings. The molecule has 12 nitrogen and oxygen atoms in total. The first kappa shape index (κ1) is 17.8. The molecule has 0 saturated carbocycles. The summed E-state index contributed by atoms with van der Waals surface area (Å²) < 4.78 is 26.6. The summed E-state index contributed by atoms with van der Waals surface area (Å²) in [5.74, 6) is -1.58. The molecule has 1 unspecified atom stereocenters. The molecule has 0 bridgehead atoms. The van der Waals surface area contributed by atoms with Crippen LogP contribution in [0.5, 0.6) is 11.5 Å². The SMILES string of the molecule is NC1CN(C(=O)NS(=O)(=O)N2CCN(c3ccc(O)c(O)c3)C2=O)C1=O. The van der Waals surface area contributed by atoms with E-state index >= 15 is 0 Å². The first-order valence-electron chi connectivity index (χ1n) is 7.36. The molecule has 140 valence electrons. The first-order chi connectivity index (χ1) is 12.1. The Balaban J connectivity index is 1.73. The Hall–Kier alpha value is -3.06. The lowest BCUT2D eigenvalue weighted by molar-refractivity contribution is -0.137. The Morgan fingerprint density at radius 2 is 1.88 bits per heavy atom. The number of carbonyl (C=O) groups excluding carboxylic acids is 3. The van der Waals surface area contributed by atoms with Crippen molar-refractivity contribution in [1.82, 2.24) is 13.9 Å². The molecule has 5 amide bonds. The second-order valence-electron chi connectivity index (χ2n) is 5.65.